The van der Waals surface area contributed by atoms with Gasteiger partial charge in [0.15, 0.2) is 0 Å². The van der Waals surface area contributed by atoms with E-state index >= 15 is 0 Å². The van der Waals surface area contributed by atoms with Gasteiger partial charge in [0.25, 0.3) is 0 Å². The average Bonchev–Trinajstić information content (AvgIpc) is 2.68. The van der Waals surface area contributed by atoms with E-state index in [1.54, 1.807) is 0 Å². The summed E-state index contributed by atoms with van der Waals surface area (Å²) in [6.07, 6.45) is 0. The van der Waals surface area contributed by atoms with Crippen molar-refractivity contribution in [1.82, 2.24) is 0 Å². The van der Waals surface area contributed by atoms with E-state index in [0.717, 1.165) is 16.9 Å². The number of furan rings is 1. The summed E-state index contributed by atoms with van der Waals surface area (Å²) < 4.78 is 5.94. The maximum absolute atomic E-state index is 5.94. The van der Waals surface area contributed by atoms with Crippen LogP contribution in [-0.4, -0.2) is 0 Å². The zero-order valence-electron chi connectivity index (χ0n) is 10.0. The van der Waals surface area contributed by atoms with Gasteiger partial charge in [0.05, 0.1) is 0 Å². The Morgan fingerprint density at radius 3 is 2.41 bits per heavy atom. The van der Waals surface area contributed by atoms with Crippen LogP contribution in [0.2, 0.25) is 0 Å². The predicted molar refractivity (Wildman–Crippen MR) is 71.1 cm³/mol. The molecule has 3 rings (SSSR count). The minimum Gasteiger partial charge on any atom is -0.456 e. The summed E-state index contributed by atoms with van der Waals surface area (Å²) in [4.78, 5) is 0. The zero-order chi connectivity index (χ0) is 11.8. The predicted octanol–water partition coefficient (Wildman–Crippen LogP) is 4.72. The number of aryl methyl sites for hydroxylation is 2. The Labute approximate surface area is 101 Å². The number of hydrogen-bond donors (Lipinski definition) is 0. The van der Waals surface area contributed by atoms with Gasteiger partial charge in [0.2, 0.25) is 0 Å². The molecule has 0 fully saturated rings. The van der Waals surface area contributed by atoms with Crippen molar-refractivity contribution in [1.29, 1.82) is 0 Å². The highest BCUT2D eigenvalue weighted by Crippen LogP contribution is 2.33. The first kappa shape index (κ1) is 10.2. The van der Waals surface area contributed by atoms with Gasteiger partial charge < -0.3 is 4.42 Å². The molecule has 0 spiro atoms. The molecule has 0 N–H and O–H groups in total. The molecule has 0 amide bonds. The smallest absolute Gasteiger partial charge is 0.138 e. The Bertz CT molecular complexity index is 663. The van der Waals surface area contributed by atoms with Gasteiger partial charge in [-0.1, -0.05) is 42.0 Å². The van der Waals surface area contributed by atoms with Crippen LogP contribution in [0.4, 0.5) is 0 Å². The highest BCUT2D eigenvalue weighted by Gasteiger charge is 2.11. The number of rotatable bonds is 1. The van der Waals surface area contributed by atoms with Gasteiger partial charge in [0.1, 0.15) is 11.3 Å². The van der Waals surface area contributed by atoms with Crippen molar-refractivity contribution in [2.75, 3.05) is 0 Å². The summed E-state index contributed by atoms with van der Waals surface area (Å²) >= 11 is 0. The molecule has 0 bridgehead atoms. The molecule has 0 aliphatic carbocycles. The molecule has 1 aromatic heterocycles. The van der Waals surface area contributed by atoms with Crippen molar-refractivity contribution in [2.24, 2.45) is 0 Å². The molecule has 0 atom stereocenters. The summed E-state index contributed by atoms with van der Waals surface area (Å²) in [5.41, 5.74) is 4.58. The van der Waals surface area contributed by atoms with Gasteiger partial charge in [-0.2, -0.15) is 0 Å². The molecule has 1 heteroatoms. The van der Waals surface area contributed by atoms with Crippen LogP contribution in [0.15, 0.2) is 52.9 Å². The minimum atomic E-state index is 0.965. The van der Waals surface area contributed by atoms with Gasteiger partial charge >= 0.3 is 0 Å². The molecule has 0 radical (unpaired) electrons. The summed E-state index contributed by atoms with van der Waals surface area (Å²) in [5, 5.41) is 1.21. The Morgan fingerprint density at radius 2 is 1.65 bits per heavy atom. The van der Waals surface area contributed by atoms with Crippen molar-refractivity contribution >= 4 is 11.0 Å². The lowest BCUT2D eigenvalue weighted by Crippen LogP contribution is -1.76. The molecule has 1 nitrogen and oxygen atoms in total. The van der Waals surface area contributed by atoms with Crippen molar-refractivity contribution in [3.05, 3.63) is 59.7 Å². The molecule has 0 aliphatic heterocycles. The quantitative estimate of drug-likeness (QED) is 0.580. The van der Waals surface area contributed by atoms with E-state index in [2.05, 4.69) is 38.1 Å². The average molecular weight is 222 g/mol. The van der Waals surface area contributed by atoms with Crippen LogP contribution < -0.4 is 0 Å². The lowest BCUT2D eigenvalue weighted by molar-refractivity contribution is 0.629. The lowest BCUT2D eigenvalue weighted by Gasteiger charge is -1.97. The second-order valence-corrected chi connectivity index (χ2v) is 4.42. The summed E-state index contributed by atoms with van der Waals surface area (Å²) in [5.74, 6) is 0.978. The molecule has 17 heavy (non-hydrogen) atoms. The number of hydrogen-bond acceptors (Lipinski definition) is 1. The van der Waals surface area contributed by atoms with E-state index in [9.17, 15) is 0 Å². The molecule has 84 valence electrons. The van der Waals surface area contributed by atoms with Crippen LogP contribution in [0.1, 0.15) is 11.1 Å². The maximum Gasteiger partial charge on any atom is 0.138 e. The second kappa shape index (κ2) is 3.77. The van der Waals surface area contributed by atoms with Crippen LogP contribution in [0, 0.1) is 13.8 Å². The van der Waals surface area contributed by atoms with Gasteiger partial charge in [-0.15, -0.1) is 0 Å². The van der Waals surface area contributed by atoms with Gasteiger partial charge in [-0.05, 0) is 26.0 Å². The fourth-order valence-electron chi connectivity index (χ4n) is 2.20. The fraction of sp³-hybridized carbons (Fsp3) is 0.125. The van der Waals surface area contributed by atoms with E-state index in [4.69, 9.17) is 4.42 Å². The third-order valence-corrected chi connectivity index (χ3v) is 3.13. The van der Waals surface area contributed by atoms with E-state index in [0.29, 0.717) is 0 Å². The maximum atomic E-state index is 5.94. The minimum absolute atomic E-state index is 0.965. The molecular formula is C16H14O. The summed E-state index contributed by atoms with van der Waals surface area (Å²) in [6.45, 7) is 4.22. The standard InChI is InChI=1S/C16H14O/c1-11-8-9-15-14(10-11)12(2)16(17-15)13-6-4-3-5-7-13/h3-10H,1-2H3. The molecule has 0 saturated heterocycles. The van der Waals surface area contributed by atoms with E-state index in [1.165, 1.54) is 16.5 Å². The molecule has 0 saturated carbocycles. The highest BCUT2D eigenvalue weighted by molar-refractivity contribution is 5.88. The highest BCUT2D eigenvalue weighted by atomic mass is 16.3. The topological polar surface area (TPSA) is 13.1 Å². The molecule has 2 aromatic carbocycles. The Kier molecular flexibility index (Phi) is 2.25. The Morgan fingerprint density at radius 1 is 0.882 bits per heavy atom. The van der Waals surface area contributed by atoms with Gasteiger partial charge in [-0.25, -0.2) is 0 Å². The second-order valence-electron chi connectivity index (χ2n) is 4.42. The van der Waals surface area contributed by atoms with Crippen molar-refractivity contribution in [2.45, 2.75) is 13.8 Å². The third-order valence-electron chi connectivity index (χ3n) is 3.13. The van der Waals surface area contributed by atoms with Crippen LogP contribution in [0.25, 0.3) is 22.3 Å². The third kappa shape index (κ3) is 1.64. The fourth-order valence-corrected chi connectivity index (χ4v) is 2.20. The summed E-state index contributed by atoms with van der Waals surface area (Å²) in [7, 11) is 0. The monoisotopic (exact) mass is 222 g/mol. The first-order valence-electron chi connectivity index (χ1n) is 5.81. The molecule has 0 aliphatic rings. The van der Waals surface area contributed by atoms with Gasteiger partial charge in [-0.3, -0.25) is 0 Å². The first-order chi connectivity index (χ1) is 8.25. The van der Waals surface area contributed by atoms with Gasteiger partial charge in [0, 0.05) is 16.5 Å². The van der Waals surface area contributed by atoms with Crippen LogP contribution >= 0.6 is 0 Å². The molecule has 1 heterocycles. The number of benzene rings is 2. The van der Waals surface area contributed by atoms with Crippen molar-refractivity contribution in [3.8, 4) is 11.3 Å². The van der Waals surface area contributed by atoms with E-state index in [1.807, 2.05) is 24.3 Å². The van der Waals surface area contributed by atoms with E-state index < -0.39 is 0 Å². The van der Waals surface area contributed by atoms with E-state index in [-0.39, 0.29) is 0 Å². The first-order valence-corrected chi connectivity index (χ1v) is 5.81. The normalized spacial score (nSPS) is 10.9. The molecule has 0 unspecified atom stereocenters. The Balaban J connectivity index is 2.28. The van der Waals surface area contributed by atoms with Crippen molar-refractivity contribution in [3.63, 3.8) is 0 Å². The SMILES string of the molecule is Cc1ccc2oc(-c3ccccc3)c(C)c2c1. The lowest BCUT2D eigenvalue weighted by atomic mass is 10.1. The summed E-state index contributed by atoms with van der Waals surface area (Å²) in [6, 6.07) is 16.6. The zero-order valence-corrected chi connectivity index (χ0v) is 10.0. The number of fused-ring (bicyclic) bond motifs is 1. The van der Waals surface area contributed by atoms with Crippen LogP contribution in [-0.2, 0) is 0 Å². The Hall–Kier alpha value is -2.02. The van der Waals surface area contributed by atoms with Crippen molar-refractivity contribution < 1.29 is 4.42 Å². The molecular weight excluding hydrogens is 208 g/mol. The largest absolute Gasteiger partial charge is 0.456 e. The van der Waals surface area contributed by atoms with Crippen LogP contribution in [0.3, 0.4) is 0 Å². The molecule has 3 aromatic rings. The van der Waals surface area contributed by atoms with Crippen LogP contribution in [0.5, 0.6) is 0 Å².